The van der Waals surface area contributed by atoms with Crippen LogP contribution in [0, 0.1) is 0 Å². The van der Waals surface area contributed by atoms with Gasteiger partial charge < -0.3 is 8.83 Å². The third-order valence-electron chi connectivity index (χ3n) is 4.93. The molecule has 3 aromatic rings. The number of para-hydroxylation sites is 2. The van der Waals surface area contributed by atoms with E-state index in [4.69, 9.17) is 8.83 Å². The number of likely N-dealkylation sites (tertiary alicyclic amines) is 1. The minimum atomic E-state index is 0.331. The maximum atomic E-state index is 5.96. The van der Waals surface area contributed by atoms with Gasteiger partial charge in [0.15, 0.2) is 11.5 Å². The first-order valence-electron chi connectivity index (χ1n) is 8.75. The number of rotatable bonds is 4. The summed E-state index contributed by atoms with van der Waals surface area (Å²) < 4.78 is 11.8. The predicted molar refractivity (Wildman–Crippen MR) is 87.5 cm³/mol. The second-order valence-corrected chi connectivity index (χ2v) is 6.90. The van der Waals surface area contributed by atoms with Gasteiger partial charge in [-0.3, -0.25) is 4.90 Å². The molecule has 1 aliphatic carbocycles. The largest absolute Gasteiger partial charge is 0.440 e. The zero-order chi connectivity index (χ0) is 15.9. The molecule has 1 atom stereocenters. The molecular weight excluding hydrogens is 304 g/mol. The number of oxazole rings is 1. The van der Waals surface area contributed by atoms with E-state index in [1.54, 1.807) is 0 Å². The molecule has 24 heavy (non-hydrogen) atoms. The van der Waals surface area contributed by atoms with Crippen molar-refractivity contribution in [2.24, 2.45) is 0 Å². The van der Waals surface area contributed by atoms with Gasteiger partial charge in [0.1, 0.15) is 5.52 Å². The Balaban J connectivity index is 1.30. The topological polar surface area (TPSA) is 68.2 Å². The molecule has 0 spiro atoms. The highest BCUT2D eigenvalue weighted by Crippen LogP contribution is 2.39. The van der Waals surface area contributed by atoms with E-state index < -0.39 is 0 Å². The molecule has 0 unspecified atom stereocenters. The maximum Gasteiger partial charge on any atom is 0.230 e. The molecule has 2 fully saturated rings. The molecule has 1 saturated carbocycles. The average Bonchev–Trinajstić information content (AvgIpc) is 3.20. The first-order chi connectivity index (χ1) is 11.8. The van der Waals surface area contributed by atoms with Gasteiger partial charge in [0.25, 0.3) is 0 Å². The zero-order valence-electron chi connectivity index (χ0n) is 13.5. The number of aromatic nitrogens is 3. The fourth-order valence-corrected chi connectivity index (χ4v) is 3.48. The Kier molecular flexibility index (Phi) is 3.36. The van der Waals surface area contributed by atoms with Crippen molar-refractivity contribution in [1.29, 1.82) is 0 Å². The van der Waals surface area contributed by atoms with Gasteiger partial charge in [-0.2, -0.15) is 0 Å². The summed E-state index contributed by atoms with van der Waals surface area (Å²) in [5.41, 5.74) is 1.81. The highest BCUT2D eigenvalue weighted by atomic mass is 16.4. The lowest BCUT2D eigenvalue weighted by Gasteiger charge is -2.29. The van der Waals surface area contributed by atoms with Crippen LogP contribution >= 0.6 is 0 Å². The van der Waals surface area contributed by atoms with Gasteiger partial charge in [0.05, 0.1) is 6.54 Å². The van der Waals surface area contributed by atoms with Crippen LogP contribution in [0.2, 0.25) is 0 Å². The van der Waals surface area contributed by atoms with Crippen LogP contribution in [-0.4, -0.2) is 33.2 Å². The van der Waals surface area contributed by atoms with Crippen LogP contribution in [0.5, 0.6) is 0 Å². The van der Waals surface area contributed by atoms with Crippen LogP contribution < -0.4 is 0 Å². The SMILES string of the molecule is c1ccc2oc([C@@H]3CCCN(Cc4nnc(C5CC5)o4)C3)nc2c1. The van der Waals surface area contributed by atoms with E-state index in [1.165, 1.54) is 12.8 Å². The molecule has 1 aliphatic heterocycles. The Bertz CT molecular complexity index is 818. The molecule has 1 saturated heterocycles. The summed E-state index contributed by atoms with van der Waals surface area (Å²) in [6.45, 7) is 2.70. The van der Waals surface area contributed by atoms with E-state index in [9.17, 15) is 0 Å². The first kappa shape index (κ1) is 14.2. The molecule has 5 rings (SSSR count). The molecule has 6 heteroatoms. The van der Waals surface area contributed by atoms with Crippen molar-refractivity contribution in [3.05, 3.63) is 41.9 Å². The van der Waals surface area contributed by atoms with Gasteiger partial charge in [-0.15, -0.1) is 10.2 Å². The summed E-state index contributed by atoms with van der Waals surface area (Å²) in [5, 5.41) is 8.38. The fraction of sp³-hybridized carbons (Fsp3) is 0.500. The van der Waals surface area contributed by atoms with Crippen molar-refractivity contribution >= 4 is 11.1 Å². The third-order valence-corrected chi connectivity index (χ3v) is 4.93. The van der Waals surface area contributed by atoms with Crippen molar-refractivity contribution in [3.63, 3.8) is 0 Å². The molecule has 2 aliphatic rings. The Hall–Kier alpha value is -2.21. The maximum absolute atomic E-state index is 5.96. The summed E-state index contributed by atoms with van der Waals surface area (Å²) in [5.74, 6) is 3.25. The number of benzene rings is 1. The smallest absolute Gasteiger partial charge is 0.230 e. The summed E-state index contributed by atoms with van der Waals surface area (Å²) in [6, 6.07) is 7.96. The van der Waals surface area contributed by atoms with E-state index in [1.807, 2.05) is 24.3 Å². The number of fused-ring (bicyclic) bond motifs is 1. The Morgan fingerprint density at radius 3 is 2.79 bits per heavy atom. The van der Waals surface area contributed by atoms with E-state index in [0.29, 0.717) is 11.8 Å². The molecule has 0 radical (unpaired) electrons. The van der Waals surface area contributed by atoms with E-state index in [-0.39, 0.29) is 0 Å². The monoisotopic (exact) mass is 324 g/mol. The van der Waals surface area contributed by atoms with Crippen LogP contribution in [-0.2, 0) is 6.54 Å². The molecule has 6 nitrogen and oxygen atoms in total. The van der Waals surface area contributed by atoms with Crippen molar-refractivity contribution in [2.45, 2.75) is 44.1 Å². The predicted octanol–water partition coefficient (Wildman–Crippen LogP) is 3.47. The van der Waals surface area contributed by atoms with E-state index in [0.717, 1.165) is 61.2 Å². The first-order valence-corrected chi connectivity index (χ1v) is 8.75. The van der Waals surface area contributed by atoms with Gasteiger partial charge in [0, 0.05) is 18.4 Å². The van der Waals surface area contributed by atoms with Crippen LogP contribution in [0.15, 0.2) is 33.1 Å². The lowest BCUT2D eigenvalue weighted by atomic mass is 9.98. The Morgan fingerprint density at radius 2 is 1.92 bits per heavy atom. The van der Waals surface area contributed by atoms with Crippen LogP contribution in [0.1, 0.15) is 55.2 Å². The van der Waals surface area contributed by atoms with Gasteiger partial charge in [-0.05, 0) is 44.4 Å². The van der Waals surface area contributed by atoms with Crippen molar-refractivity contribution < 1.29 is 8.83 Å². The van der Waals surface area contributed by atoms with Gasteiger partial charge >= 0.3 is 0 Å². The molecular formula is C18H20N4O2. The van der Waals surface area contributed by atoms with E-state index in [2.05, 4.69) is 20.1 Å². The second-order valence-electron chi connectivity index (χ2n) is 6.90. The highest BCUT2D eigenvalue weighted by Gasteiger charge is 2.30. The van der Waals surface area contributed by atoms with Crippen molar-refractivity contribution in [2.75, 3.05) is 13.1 Å². The van der Waals surface area contributed by atoms with Crippen LogP contribution in [0.4, 0.5) is 0 Å². The van der Waals surface area contributed by atoms with Gasteiger partial charge in [0.2, 0.25) is 11.8 Å². The molecule has 124 valence electrons. The summed E-state index contributed by atoms with van der Waals surface area (Å²) in [7, 11) is 0. The number of piperidine rings is 1. The zero-order valence-corrected chi connectivity index (χ0v) is 13.5. The molecule has 3 heterocycles. The van der Waals surface area contributed by atoms with E-state index >= 15 is 0 Å². The van der Waals surface area contributed by atoms with Crippen LogP contribution in [0.25, 0.3) is 11.1 Å². The summed E-state index contributed by atoms with van der Waals surface area (Å²) >= 11 is 0. The summed E-state index contributed by atoms with van der Waals surface area (Å²) in [6.07, 6.45) is 4.61. The molecule has 2 aromatic heterocycles. The quantitative estimate of drug-likeness (QED) is 0.732. The van der Waals surface area contributed by atoms with Crippen LogP contribution in [0.3, 0.4) is 0 Å². The normalized spacial score (nSPS) is 22.2. The molecule has 1 aromatic carbocycles. The second kappa shape index (κ2) is 5.70. The van der Waals surface area contributed by atoms with Crippen molar-refractivity contribution in [1.82, 2.24) is 20.1 Å². The Morgan fingerprint density at radius 1 is 1.00 bits per heavy atom. The molecule has 0 amide bonds. The number of hydrogen-bond acceptors (Lipinski definition) is 6. The number of nitrogens with zero attached hydrogens (tertiary/aromatic N) is 4. The molecule has 0 N–H and O–H groups in total. The lowest BCUT2D eigenvalue weighted by Crippen LogP contribution is -2.34. The molecule has 0 bridgehead atoms. The van der Waals surface area contributed by atoms with Gasteiger partial charge in [-0.25, -0.2) is 4.98 Å². The fourth-order valence-electron chi connectivity index (χ4n) is 3.48. The lowest BCUT2D eigenvalue weighted by molar-refractivity contribution is 0.171. The Labute approximate surface area is 139 Å². The summed E-state index contributed by atoms with van der Waals surface area (Å²) in [4.78, 5) is 7.04. The standard InChI is InChI=1S/C18H20N4O2/c1-2-6-15-14(5-1)19-17(23-15)13-4-3-9-22(10-13)11-16-20-21-18(24-16)12-7-8-12/h1-2,5-6,12-13H,3-4,7-11H2/t13-/m1/s1. The minimum absolute atomic E-state index is 0.331. The van der Waals surface area contributed by atoms with Gasteiger partial charge in [-0.1, -0.05) is 12.1 Å². The number of hydrogen-bond donors (Lipinski definition) is 0. The minimum Gasteiger partial charge on any atom is -0.440 e. The highest BCUT2D eigenvalue weighted by molar-refractivity contribution is 5.72. The average molecular weight is 324 g/mol. The third kappa shape index (κ3) is 2.71. The van der Waals surface area contributed by atoms with Crippen molar-refractivity contribution in [3.8, 4) is 0 Å².